The molecule has 2 rings (SSSR count). The number of aromatic nitrogens is 4. The van der Waals surface area contributed by atoms with Gasteiger partial charge in [-0.05, 0) is 44.0 Å². The van der Waals surface area contributed by atoms with Crippen LogP contribution in [-0.2, 0) is 9.53 Å². The number of nitrogens with zero attached hydrogens (tertiary/aromatic N) is 4. The van der Waals surface area contributed by atoms with Crippen molar-refractivity contribution in [2.24, 2.45) is 0 Å². The number of ether oxygens (including phenoxy) is 1. The van der Waals surface area contributed by atoms with Gasteiger partial charge in [0, 0.05) is 0 Å². The lowest BCUT2D eigenvalue weighted by molar-refractivity contribution is -0.151. The molecule has 0 amide bonds. The van der Waals surface area contributed by atoms with Gasteiger partial charge in [0.15, 0.2) is 0 Å². The number of tetrazole rings is 1. The van der Waals surface area contributed by atoms with Crippen LogP contribution in [0.5, 0.6) is 0 Å². The Morgan fingerprint density at radius 1 is 1.42 bits per heavy atom. The van der Waals surface area contributed by atoms with Gasteiger partial charge in [-0.3, -0.25) is 4.79 Å². The van der Waals surface area contributed by atoms with Crippen LogP contribution in [0, 0.1) is 0 Å². The smallest absolute Gasteiger partial charge is 0.316 e. The summed E-state index contributed by atoms with van der Waals surface area (Å²) in [4.78, 5) is 11.7. The first-order valence-electron chi connectivity index (χ1n) is 6.58. The first-order valence-corrected chi connectivity index (χ1v) is 7.57. The van der Waals surface area contributed by atoms with Crippen molar-refractivity contribution in [2.75, 3.05) is 5.75 Å². The van der Waals surface area contributed by atoms with Crippen LogP contribution in [0.3, 0.4) is 0 Å². The maximum Gasteiger partial charge on any atom is 0.316 e. The molecule has 1 saturated carbocycles. The molecule has 1 aliphatic rings. The number of hydrogen-bond donors (Lipinski definition) is 0. The van der Waals surface area contributed by atoms with E-state index in [4.69, 9.17) is 4.74 Å². The molecule has 0 unspecified atom stereocenters. The number of carbonyl (C=O) groups is 1. The summed E-state index contributed by atoms with van der Waals surface area (Å²) < 4.78 is 7.11. The first-order chi connectivity index (χ1) is 8.96. The van der Waals surface area contributed by atoms with E-state index < -0.39 is 5.60 Å². The van der Waals surface area contributed by atoms with E-state index in [0.29, 0.717) is 11.2 Å². The molecular weight excluding hydrogens is 264 g/mol. The molecule has 0 atom stereocenters. The molecule has 19 heavy (non-hydrogen) atoms. The normalized spacial score (nSPS) is 16.8. The van der Waals surface area contributed by atoms with Gasteiger partial charge in [-0.1, -0.05) is 24.6 Å². The molecule has 0 bridgehead atoms. The fraction of sp³-hybridized carbons (Fsp3) is 0.833. The Labute approximate surface area is 117 Å². The van der Waals surface area contributed by atoms with Crippen molar-refractivity contribution in [1.29, 1.82) is 0 Å². The van der Waals surface area contributed by atoms with E-state index in [1.54, 1.807) is 0 Å². The van der Waals surface area contributed by atoms with Crippen LogP contribution in [0.2, 0.25) is 0 Å². The Morgan fingerprint density at radius 2 is 2.11 bits per heavy atom. The van der Waals surface area contributed by atoms with Gasteiger partial charge in [0.05, 0.1) is 11.8 Å². The molecule has 106 valence electrons. The molecule has 7 heteroatoms. The van der Waals surface area contributed by atoms with E-state index in [2.05, 4.69) is 15.5 Å². The van der Waals surface area contributed by atoms with Crippen molar-refractivity contribution in [3.8, 4) is 0 Å². The molecule has 1 aromatic heterocycles. The van der Waals surface area contributed by atoms with Gasteiger partial charge in [0.1, 0.15) is 5.60 Å². The molecule has 6 nitrogen and oxygen atoms in total. The van der Waals surface area contributed by atoms with Crippen molar-refractivity contribution in [2.45, 2.75) is 63.3 Å². The zero-order chi connectivity index (χ0) is 13.9. The summed E-state index contributed by atoms with van der Waals surface area (Å²) in [6.07, 6.45) is 4.68. The monoisotopic (exact) mass is 284 g/mol. The molecule has 1 aliphatic carbocycles. The third kappa shape index (κ3) is 4.19. The highest BCUT2D eigenvalue weighted by molar-refractivity contribution is 7.99. The second kappa shape index (κ2) is 5.90. The van der Waals surface area contributed by atoms with Crippen molar-refractivity contribution in [3.63, 3.8) is 0 Å². The predicted octanol–water partition coefficient (Wildman–Crippen LogP) is 2.22. The SMILES string of the molecule is CC(C)(C)OC(=O)CSc1nnnn1C1CCCC1. The van der Waals surface area contributed by atoms with E-state index in [1.165, 1.54) is 24.6 Å². The lowest BCUT2D eigenvalue weighted by atomic mass is 10.2. The van der Waals surface area contributed by atoms with Crippen LogP contribution in [0.4, 0.5) is 0 Å². The van der Waals surface area contributed by atoms with Crippen LogP contribution in [0.15, 0.2) is 5.16 Å². The first kappa shape index (κ1) is 14.3. The maximum atomic E-state index is 11.7. The van der Waals surface area contributed by atoms with E-state index in [1.807, 2.05) is 25.5 Å². The minimum Gasteiger partial charge on any atom is -0.459 e. The third-order valence-corrected chi connectivity index (χ3v) is 3.78. The fourth-order valence-electron chi connectivity index (χ4n) is 2.15. The Morgan fingerprint density at radius 3 is 2.74 bits per heavy atom. The summed E-state index contributed by atoms with van der Waals surface area (Å²) in [6, 6.07) is 0.385. The van der Waals surface area contributed by atoms with Gasteiger partial charge in [-0.2, -0.15) is 0 Å². The lowest BCUT2D eigenvalue weighted by Crippen LogP contribution is -2.25. The molecule has 0 aliphatic heterocycles. The number of thioether (sulfide) groups is 1. The van der Waals surface area contributed by atoms with E-state index in [9.17, 15) is 4.79 Å². The molecule has 0 saturated heterocycles. The highest BCUT2D eigenvalue weighted by Gasteiger charge is 2.23. The van der Waals surface area contributed by atoms with Crippen LogP contribution in [0.1, 0.15) is 52.5 Å². The fourth-order valence-corrected chi connectivity index (χ4v) is 2.87. The largest absolute Gasteiger partial charge is 0.459 e. The molecular formula is C12H20N4O2S. The Balaban J connectivity index is 1.89. The number of carbonyl (C=O) groups excluding carboxylic acids is 1. The van der Waals surface area contributed by atoms with Crippen molar-refractivity contribution in [3.05, 3.63) is 0 Å². The van der Waals surface area contributed by atoms with Gasteiger partial charge in [-0.25, -0.2) is 4.68 Å². The zero-order valence-electron chi connectivity index (χ0n) is 11.6. The quantitative estimate of drug-likeness (QED) is 0.623. The third-order valence-electron chi connectivity index (χ3n) is 2.87. The summed E-state index contributed by atoms with van der Waals surface area (Å²) in [5, 5.41) is 12.4. The van der Waals surface area contributed by atoms with Gasteiger partial charge in [-0.15, -0.1) is 5.10 Å². The summed E-state index contributed by atoms with van der Waals surface area (Å²) in [6.45, 7) is 5.58. The summed E-state index contributed by atoms with van der Waals surface area (Å²) >= 11 is 1.34. The van der Waals surface area contributed by atoms with Crippen molar-refractivity contribution in [1.82, 2.24) is 20.2 Å². The lowest BCUT2D eigenvalue weighted by Gasteiger charge is -2.19. The Bertz CT molecular complexity index is 435. The molecule has 1 fully saturated rings. The summed E-state index contributed by atoms with van der Waals surface area (Å²) in [7, 11) is 0. The number of rotatable bonds is 4. The van der Waals surface area contributed by atoms with Crippen LogP contribution < -0.4 is 0 Å². The highest BCUT2D eigenvalue weighted by atomic mass is 32.2. The second-order valence-corrected chi connectivity index (χ2v) is 6.66. The topological polar surface area (TPSA) is 69.9 Å². The van der Waals surface area contributed by atoms with Gasteiger partial charge in [0.25, 0.3) is 0 Å². The molecule has 1 heterocycles. The van der Waals surface area contributed by atoms with Gasteiger partial charge < -0.3 is 4.74 Å². The van der Waals surface area contributed by atoms with E-state index >= 15 is 0 Å². The standard InChI is InChI=1S/C12H20N4O2S/c1-12(2,3)18-10(17)8-19-11-13-14-15-16(11)9-6-4-5-7-9/h9H,4-8H2,1-3H3. The van der Waals surface area contributed by atoms with Crippen molar-refractivity contribution < 1.29 is 9.53 Å². The minimum atomic E-state index is -0.449. The number of hydrogen-bond acceptors (Lipinski definition) is 6. The zero-order valence-corrected chi connectivity index (χ0v) is 12.4. The average Bonchev–Trinajstić information content (AvgIpc) is 2.94. The minimum absolute atomic E-state index is 0.238. The molecule has 0 radical (unpaired) electrons. The van der Waals surface area contributed by atoms with Crippen LogP contribution in [0.25, 0.3) is 0 Å². The molecule has 0 spiro atoms. The molecule has 0 N–H and O–H groups in total. The van der Waals surface area contributed by atoms with Gasteiger partial charge >= 0.3 is 5.97 Å². The van der Waals surface area contributed by atoms with Crippen molar-refractivity contribution >= 4 is 17.7 Å². The predicted molar refractivity (Wildman–Crippen MR) is 71.9 cm³/mol. The van der Waals surface area contributed by atoms with E-state index in [-0.39, 0.29) is 11.7 Å². The Kier molecular flexibility index (Phi) is 4.44. The summed E-state index contributed by atoms with van der Waals surface area (Å²) in [5.74, 6) is 0.00291. The Hall–Kier alpha value is -1.11. The second-order valence-electron chi connectivity index (χ2n) is 5.72. The van der Waals surface area contributed by atoms with E-state index in [0.717, 1.165) is 12.8 Å². The highest BCUT2D eigenvalue weighted by Crippen LogP contribution is 2.31. The average molecular weight is 284 g/mol. The maximum absolute atomic E-state index is 11.7. The molecule has 0 aromatic carbocycles. The molecule has 1 aromatic rings. The summed E-state index contributed by atoms with van der Waals surface area (Å²) in [5.41, 5.74) is -0.449. The van der Waals surface area contributed by atoms with Gasteiger partial charge in [0.2, 0.25) is 5.16 Å². The van der Waals surface area contributed by atoms with Crippen LogP contribution in [-0.4, -0.2) is 37.5 Å². The number of esters is 1. The van der Waals surface area contributed by atoms with Crippen LogP contribution >= 0.6 is 11.8 Å².